The number of nitrogens with one attached hydrogen (secondary N) is 1. The van der Waals surface area contributed by atoms with Gasteiger partial charge in [-0.3, -0.25) is 4.98 Å². The highest BCUT2D eigenvalue weighted by Crippen LogP contribution is 2.32. The molecule has 0 unspecified atom stereocenters. The molecule has 0 aliphatic heterocycles. The second kappa shape index (κ2) is 10.2. The standard InChI is InChI=1S/C26H33N5O2/c1-4-33-26(32)21-15-28-23-14-13-22(18-7-9-19(27)10-8-18)30-25(23)24(21)29-20-11-5-17(6-12-20)16-31(2)3/h7-10,13-15,17,20H,4-6,11-12,16,27H2,1-3H3,(H,28,29). The number of nitrogens with two attached hydrogens (primary N) is 1. The van der Waals surface area contributed by atoms with E-state index in [2.05, 4.69) is 29.3 Å². The fourth-order valence-electron chi connectivity index (χ4n) is 4.60. The van der Waals surface area contributed by atoms with Gasteiger partial charge in [0.2, 0.25) is 0 Å². The molecule has 174 valence electrons. The highest BCUT2D eigenvalue weighted by atomic mass is 16.5. The molecule has 7 heteroatoms. The van der Waals surface area contributed by atoms with Gasteiger partial charge in [-0.2, -0.15) is 0 Å². The van der Waals surface area contributed by atoms with Crippen LogP contribution in [0.5, 0.6) is 0 Å². The lowest BCUT2D eigenvalue weighted by Gasteiger charge is -2.31. The van der Waals surface area contributed by atoms with Gasteiger partial charge in [-0.05, 0) is 76.9 Å². The first-order valence-corrected chi connectivity index (χ1v) is 11.7. The molecule has 33 heavy (non-hydrogen) atoms. The Morgan fingerprint density at radius 2 is 1.85 bits per heavy atom. The number of fused-ring (bicyclic) bond motifs is 1. The van der Waals surface area contributed by atoms with Gasteiger partial charge in [0.25, 0.3) is 0 Å². The van der Waals surface area contributed by atoms with Crippen LogP contribution in [-0.4, -0.2) is 54.1 Å². The second-order valence-corrected chi connectivity index (χ2v) is 9.08. The number of carbonyl (C=O) groups excluding carboxylic acids is 1. The van der Waals surface area contributed by atoms with Gasteiger partial charge in [0.15, 0.2) is 0 Å². The van der Waals surface area contributed by atoms with E-state index in [1.165, 1.54) is 0 Å². The van der Waals surface area contributed by atoms with Crippen molar-refractivity contribution >= 4 is 28.4 Å². The molecule has 7 nitrogen and oxygen atoms in total. The lowest BCUT2D eigenvalue weighted by Crippen LogP contribution is -2.31. The molecular weight excluding hydrogens is 414 g/mol. The van der Waals surface area contributed by atoms with E-state index >= 15 is 0 Å². The van der Waals surface area contributed by atoms with Crippen molar-refractivity contribution in [2.24, 2.45) is 5.92 Å². The van der Waals surface area contributed by atoms with E-state index in [9.17, 15) is 4.79 Å². The molecule has 3 aromatic rings. The van der Waals surface area contributed by atoms with Crippen molar-refractivity contribution in [2.45, 2.75) is 38.6 Å². The Morgan fingerprint density at radius 3 is 2.52 bits per heavy atom. The molecule has 1 aromatic carbocycles. The topological polar surface area (TPSA) is 93.4 Å². The van der Waals surface area contributed by atoms with Crippen LogP contribution in [0.4, 0.5) is 11.4 Å². The summed E-state index contributed by atoms with van der Waals surface area (Å²) in [4.78, 5) is 24.4. The fraction of sp³-hybridized carbons (Fsp3) is 0.423. The monoisotopic (exact) mass is 447 g/mol. The van der Waals surface area contributed by atoms with Crippen molar-refractivity contribution in [1.82, 2.24) is 14.9 Å². The summed E-state index contributed by atoms with van der Waals surface area (Å²) in [6.07, 6.45) is 6.05. The Balaban J connectivity index is 1.69. The number of aromatic nitrogens is 2. The molecule has 1 saturated carbocycles. The maximum atomic E-state index is 12.8. The van der Waals surface area contributed by atoms with Gasteiger partial charge in [0.1, 0.15) is 11.1 Å². The average molecular weight is 448 g/mol. The Morgan fingerprint density at radius 1 is 1.12 bits per heavy atom. The van der Waals surface area contributed by atoms with Crippen LogP contribution in [0.25, 0.3) is 22.3 Å². The Kier molecular flexibility index (Phi) is 7.08. The van der Waals surface area contributed by atoms with E-state index < -0.39 is 0 Å². The van der Waals surface area contributed by atoms with Crippen molar-refractivity contribution in [1.29, 1.82) is 0 Å². The summed E-state index contributed by atoms with van der Waals surface area (Å²) in [5.74, 6) is 0.336. The van der Waals surface area contributed by atoms with E-state index in [1.54, 1.807) is 6.20 Å². The van der Waals surface area contributed by atoms with E-state index in [0.717, 1.165) is 49.0 Å². The third kappa shape index (κ3) is 5.42. The molecule has 2 heterocycles. The number of esters is 1. The number of pyridine rings is 2. The number of nitrogen functional groups attached to an aromatic ring is 1. The van der Waals surface area contributed by atoms with Crippen LogP contribution in [0.2, 0.25) is 0 Å². The number of carbonyl (C=O) groups is 1. The summed E-state index contributed by atoms with van der Waals surface area (Å²) in [7, 11) is 4.26. The highest BCUT2D eigenvalue weighted by Gasteiger charge is 2.25. The molecule has 1 aliphatic rings. The Hall–Kier alpha value is -3.19. The zero-order valence-electron chi connectivity index (χ0n) is 19.7. The van der Waals surface area contributed by atoms with Gasteiger partial charge in [-0.25, -0.2) is 9.78 Å². The normalized spacial score (nSPS) is 18.4. The predicted molar refractivity (Wildman–Crippen MR) is 133 cm³/mol. The summed E-state index contributed by atoms with van der Waals surface area (Å²) in [5, 5.41) is 3.66. The van der Waals surface area contributed by atoms with Gasteiger partial charge >= 0.3 is 5.97 Å². The van der Waals surface area contributed by atoms with Crippen molar-refractivity contribution in [3.63, 3.8) is 0 Å². The number of rotatable bonds is 7. The minimum atomic E-state index is -0.379. The first-order chi connectivity index (χ1) is 15.9. The number of nitrogens with zero attached hydrogens (tertiary/aromatic N) is 3. The summed E-state index contributed by atoms with van der Waals surface area (Å²) < 4.78 is 5.33. The first-order valence-electron chi connectivity index (χ1n) is 11.7. The SMILES string of the molecule is CCOC(=O)c1cnc2ccc(-c3ccc(N)cc3)nc2c1NC1CCC(CN(C)C)CC1. The average Bonchev–Trinajstić information content (AvgIpc) is 2.80. The summed E-state index contributed by atoms with van der Waals surface area (Å²) in [5.41, 5.74) is 10.9. The van der Waals surface area contributed by atoms with Crippen molar-refractivity contribution in [3.8, 4) is 11.3 Å². The predicted octanol–water partition coefficient (Wildman–Crippen LogP) is 4.59. The van der Waals surface area contributed by atoms with Crippen molar-refractivity contribution in [3.05, 3.63) is 48.2 Å². The quantitative estimate of drug-likeness (QED) is 0.404. The van der Waals surface area contributed by atoms with E-state index in [1.807, 2.05) is 43.3 Å². The lowest BCUT2D eigenvalue weighted by molar-refractivity contribution is 0.0527. The molecule has 0 saturated heterocycles. The molecule has 0 amide bonds. The zero-order chi connectivity index (χ0) is 23.4. The van der Waals surface area contributed by atoms with Gasteiger partial charge in [0.05, 0.1) is 23.5 Å². The smallest absolute Gasteiger partial charge is 0.341 e. The van der Waals surface area contributed by atoms with Crippen LogP contribution < -0.4 is 11.1 Å². The number of hydrogen-bond donors (Lipinski definition) is 2. The number of anilines is 2. The maximum Gasteiger partial charge on any atom is 0.341 e. The molecule has 0 radical (unpaired) electrons. The Bertz CT molecular complexity index is 1110. The molecular formula is C26H33N5O2. The minimum absolute atomic E-state index is 0.282. The zero-order valence-corrected chi connectivity index (χ0v) is 19.7. The number of benzene rings is 1. The molecule has 0 bridgehead atoms. The van der Waals surface area contributed by atoms with Crippen molar-refractivity contribution < 1.29 is 9.53 Å². The molecule has 0 atom stereocenters. The first kappa shape index (κ1) is 23.0. The molecule has 4 rings (SSSR count). The van der Waals surface area contributed by atoms with Crippen LogP contribution in [0.3, 0.4) is 0 Å². The Labute approximate surface area is 195 Å². The van der Waals surface area contributed by atoms with Crippen molar-refractivity contribution in [2.75, 3.05) is 38.3 Å². The third-order valence-electron chi connectivity index (χ3n) is 6.23. The van der Waals surface area contributed by atoms with E-state index in [-0.39, 0.29) is 12.0 Å². The fourth-order valence-corrected chi connectivity index (χ4v) is 4.60. The molecule has 3 N–H and O–H groups in total. The number of hydrogen-bond acceptors (Lipinski definition) is 7. The summed E-state index contributed by atoms with van der Waals surface area (Å²) in [6, 6.07) is 11.8. The lowest BCUT2D eigenvalue weighted by atomic mass is 9.85. The molecule has 1 aliphatic carbocycles. The van der Waals surface area contributed by atoms with Gasteiger partial charge in [-0.1, -0.05) is 12.1 Å². The van der Waals surface area contributed by atoms with Crippen LogP contribution in [0.15, 0.2) is 42.6 Å². The maximum absolute atomic E-state index is 12.8. The second-order valence-electron chi connectivity index (χ2n) is 9.08. The van der Waals surface area contributed by atoms with Crippen LogP contribution >= 0.6 is 0 Å². The molecule has 0 spiro atoms. The highest BCUT2D eigenvalue weighted by molar-refractivity contribution is 6.04. The van der Waals surface area contributed by atoms with Gasteiger partial charge in [0, 0.05) is 30.0 Å². The van der Waals surface area contributed by atoms with Crippen LogP contribution in [0, 0.1) is 5.92 Å². The molecule has 1 fully saturated rings. The van der Waals surface area contributed by atoms with Crippen LogP contribution in [0.1, 0.15) is 43.0 Å². The number of ether oxygens (including phenoxy) is 1. The minimum Gasteiger partial charge on any atom is -0.462 e. The summed E-state index contributed by atoms with van der Waals surface area (Å²) >= 11 is 0. The molecule has 2 aromatic heterocycles. The van der Waals surface area contributed by atoms with Gasteiger partial charge in [-0.15, -0.1) is 0 Å². The van der Waals surface area contributed by atoms with Crippen LogP contribution in [-0.2, 0) is 4.74 Å². The third-order valence-corrected chi connectivity index (χ3v) is 6.23. The van der Waals surface area contributed by atoms with E-state index in [4.69, 9.17) is 15.5 Å². The summed E-state index contributed by atoms with van der Waals surface area (Å²) in [6.45, 7) is 3.24. The largest absolute Gasteiger partial charge is 0.462 e. The van der Waals surface area contributed by atoms with E-state index in [0.29, 0.717) is 35.0 Å². The van der Waals surface area contributed by atoms with Gasteiger partial charge < -0.3 is 20.7 Å².